The van der Waals surface area contributed by atoms with Crippen molar-refractivity contribution in [3.63, 3.8) is 0 Å². The molecular weight excluding hydrogens is 280 g/mol. The van der Waals surface area contributed by atoms with Gasteiger partial charge in [0.2, 0.25) is 0 Å². The van der Waals surface area contributed by atoms with E-state index in [1.54, 1.807) is 0 Å². The van der Waals surface area contributed by atoms with Gasteiger partial charge >= 0.3 is 0 Å². The third-order valence-corrected chi connectivity index (χ3v) is 3.86. The van der Waals surface area contributed by atoms with E-state index in [1.807, 2.05) is 0 Å². The van der Waals surface area contributed by atoms with Crippen LogP contribution in [0.1, 0.15) is 12.8 Å². The molecule has 0 unspecified atom stereocenters. The van der Waals surface area contributed by atoms with Crippen LogP contribution in [0.5, 0.6) is 0 Å². The van der Waals surface area contributed by atoms with Crippen molar-refractivity contribution in [1.82, 2.24) is 5.48 Å². The van der Waals surface area contributed by atoms with Gasteiger partial charge in [-0.2, -0.15) is 0 Å². The lowest BCUT2D eigenvalue weighted by Gasteiger charge is -2.37. The number of hydroxylamine groups is 1. The molecule has 2 heterocycles. The second kappa shape index (κ2) is 4.35. The molecule has 0 saturated carbocycles. The summed E-state index contributed by atoms with van der Waals surface area (Å²) in [4.78, 5) is 8.07. The van der Waals surface area contributed by atoms with Crippen LogP contribution < -0.4 is 10.4 Å². The lowest BCUT2D eigenvalue weighted by Crippen LogP contribution is -2.44. The third kappa shape index (κ3) is 2.19. The number of benzene rings is 1. The summed E-state index contributed by atoms with van der Waals surface area (Å²) in [5.74, 6) is 0. The van der Waals surface area contributed by atoms with E-state index in [4.69, 9.17) is 4.84 Å². The largest absolute Gasteiger partial charge is 0.371 e. The highest BCUT2D eigenvalue weighted by Crippen LogP contribution is 2.34. The zero-order valence-electron chi connectivity index (χ0n) is 9.53. The second-order valence-electron chi connectivity index (χ2n) is 4.58. The Balaban J connectivity index is 1.69. The molecule has 0 aliphatic carbocycles. The molecule has 3 rings (SSSR count). The Morgan fingerprint density at radius 1 is 1.18 bits per heavy atom. The van der Waals surface area contributed by atoms with Crippen LogP contribution in [-0.2, 0) is 4.84 Å². The summed E-state index contributed by atoms with van der Waals surface area (Å²) in [5.41, 5.74) is 4.09. The van der Waals surface area contributed by atoms with Gasteiger partial charge in [-0.15, -0.1) is 0 Å². The smallest absolute Gasteiger partial charge is 0.120 e. The van der Waals surface area contributed by atoms with Crippen LogP contribution in [0.15, 0.2) is 41.0 Å². The molecule has 1 N–H and O–H groups in total. The highest BCUT2D eigenvalue weighted by atomic mass is 79.9. The molecule has 1 aromatic carbocycles. The van der Waals surface area contributed by atoms with Crippen molar-refractivity contribution in [1.29, 1.82) is 0 Å². The summed E-state index contributed by atoms with van der Waals surface area (Å²) in [5, 5.41) is 0. The van der Waals surface area contributed by atoms with E-state index in [9.17, 15) is 0 Å². The highest BCUT2D eigenvalue weighted by Gasteiger charge is 2.38. The summed E-state index contributed by atoms with van der Waals surface area (Å²) in [7, 11) is 0. The monoisotopic (exact) mass is 294 g/mol. The molecule has 0 aromatic heterocycles. The van der Waals surface area contributed by atoms with E-state index < -0.39 is 0 Å². The first-order chi connectivity index (χ1) is 8.27. The lowest BCUT2D eigenvalue weighted by atomic mass is 9.91. The third-order valence-electron chi connectivity index (χ3n) is 3.47. The molecule has 17 heavy (non-hydrogen) atoms. The van der Waals surface area contributed by atoms with E-state index in [0.717, 1.165) is 30.5 Å². The molecule has 1 saturated heterocycles. The fourth-order valence-corrected chi connectivity index (χ4v) is 2.97. The van der Waals surface area contributed by atoms with Crippen molar-refractivity contribution in [2.24, 2.45) is 0 Å². The topological polar surface area (TPSA) is 24.5 Å². The van der Waals surface area contributed by atoms with Crippen LogP contribution in [0.4, 0.5) is 5.69 Å². The number of para-hydroxylation sites is 1. The number of anilines is 1. The average Bonchev–Trinajstić information content (AvgIpc) is 2.73. The van der Waals surface area contributed by atoms with E-state index >= 15 is 0 Å². The Hall–Kier alpha value is -1.00. The Bertz CT molecular complexity index is 424. The molecule has 2 aliphatic heterocycles. The summed E-state index contributed by atoms with van der Waals surface area (Å²) < 4.78 is 0.950. The van der Waals surface area contributed by atoms with Crippen LogP contribution >= 0.6 is 15.9 Å². The molecule has 2 aliphatic rings. The molecule has 1 aromatic rings. The maximum absolute atomic E-state index is 5.66. The Labute approximate surface area is 110 Å². The van der Waals surface area contributed by atoms with Gasteiger partial charge in [-0.1, -0.05) is 18.2 Å². The molecule has 1 fully saturated rings. The van der Waals surface area contributed by atoms with Crippen molar-refractivity contribution in [2.75, 3.05) is 18.0 Å². The number of hydrogen-bond acceptors (Lipinski definition) is 3. The van der Waals surface area contributed by atoms with Gasteiger partial charge in [-0.3, -0.25) is 10.3 Å². The molecule has 1 spiro atoms. The Kier molecular flexibility index (Phi) is 2.84. The SMILES string of the molecule is BrC1=CC2(CCN(c3ccccc3)CC2)ON1. The average molecular weight is 295 g/mol. The fourth-order valence-electron chi connectivity index (χ4n) is 2.47. The van der Waals surface area contributed by atoms with E-state index in [1.165, 1.54) is 5.69 Å². The Morgan fingerprint density at radius 2 is 1.88 bits per heavy atom. The summed E-state index contributed by atoms with van der Waals surface area (Å²) in [6.45, 7) is 2.06. The zero-order chi connectivity index (χ0) is 11.7. The first-order valence-electron chi connectivity index (χ1n) is 5.90. The van der Waals surface area contributed by atoms with Crippen LogP contribution in [0.3, 0.4) is 0 Å². The van der Waals surface area contributed by atoms with Crippen LogP contribution in [0.2, 0.25) is 0 Å². The normalized spacial score (nSPS) is 22.4. The van der Waals surface area contributed by atoms with Gasteiger partial charge in [0.15, 0.2) is 0 Å². The molecule has 0 radical (unpaired) electrons. The zero-order valence-corrected chi connectivity index (χ0v) is 11.1. The van der Waals surface area contributed by atoms with Crippen molar-refractivity contribution < 1.29 is 4.84 Å². The number of hydrogen-bond donors (Lipinski definition) is 1. The molecular formula is C13H15BrN2O. The van der Waals surface area contributed by atoms with Crippen molar-refractivity contribution in [3.8, 4) is 0 Å². The first kappa shape index (κ1) is 11.1. The van der Waals surface area contributed by atoms with E-state index in [-0.39, 0.29) is 5.60 Å². The number of halogens is 1. The summed E-state index contributed by atoms with van der Waals surface area (Å²) in [6.07, 6.45) is 4.18. The van der Waals surface area contributed by atoms with Crippen LogP contribution in [0, 0.1) is 0 Å². The van der Waals surface area contributed by atoms with E-state index in [0.29, 0.717) is 0 Å². The summed E-state index contributed by atoms with van der Waals surface area (Å²) in [6, 6.07) is 10.6. The maximum atomic E-state index is 5.66. The first-order valence-corrected chi connectivity index (χ1v) is 6.69. The minimum atomic E-state index is -0.107. The van der Waals surface area contributed by atoms with Crippen LogP contribution in [0.25, 0.3) is 0 Å². The molecule has 0 bridgehead atoms. The number of nitrogens with zero attached hydrogens (tertiary/aromatic N) is 1. The lowest BCUT2D eigenvalue weighted by molar-refractivity contribution is -0.0513. The molecule has 4 heteroatoms. The number of rotatable bonds is 1. The van der Waals surface area contributed by atoms with Gasteiger partial charge in [0.05, 0.1) is 0 Å². The predicted molar refractivity (Wildman–Crippen MR) is 71.9 cm³/mol. The van der Waals surface area contributed by atoms with Gasteiger partial charge < -0.3 is 4.90 Å². The quantitative estimate of drug-likeness (QED) is 0.806. The fraction of sp³-hybridized carbons (Fsp3) is 0.385. The minimum absolute atomic E-state index is 0.107. The molecule has 0 atom stereocenters. The van der Waals surface area contributed by atoms with Crippen molar-refractivity contribution in [2.45, 2.75) is 18.4 Å². The predicted octanol–water partition coefficient (Wildman–Crippen LogP) is 2.80. The van der Waals surface area contributed by atoms with Crippen molar-refractivity contribution >= 4 is 21.6 Å². The van der Waals surface area contributed by atoms with Crippen molar-refractivity contribution in [3.05, 3.63) is 41.0 Å². The summed E-state index contributed by atoms with van der Waals surface area (Å²) >= 11 is 3.42. The van der Waals surface area contributed by atoms with Gasteiger partial charge in [-0.25, -0.2) is 0 Å². The highest BCUT2D eigenvalue weighted by molar-refractivity contribution is 9.11. The van der Waals surface area contributed by atoms with Crippen LogP contribution in [-0.4, -0.2) is 18.7 Å². The molecule has 3 nitrogen and oxygen atoms in total. The number of nitrogens with one attached hydrogen (secondary N) is 1. The maximum Gasteiger partial charge on any atom is 0.120 e. The van der Waals surface area contributed by atoms with Gasteiger partial charge in [0.1, 0.15) is 10.2 Å². The van der Waals surface area contributed by atoms with Gasteiger partial charge in [0.25, 0.3) is 0 Å². The molecule has 90 valence electrons. The number of piperidine rings is 1. The second-order valence-corrected chi connectivity index (χ2v) is 5.44. The minimum Gasteiger partial charge on any atom is -0.371 e. The van der Waals surface area contributed by atoms with E-state index in [2.05, 4.69) is 62.7 Å². The standard InChI is InChI=1S/C13H15BrN2O/c14-12-10-13(17-15-12)6-8-16(9-7-13)11-4-2-1-3-5-11/h1-5,10,15H,6-9H2. The molecule has 0 amide bonds. The Morgan fingerprint density at radius 3 is 2.47 bits per heavy atom. The van der Waals surface area contributed by atoms with Gasteiger partial charge in [-0.05, 0) is 34.1 Å². The van der Waals surface area contributed by atoms with Gasteiger partial charge in [0, 0.05) is 31.6 Å².